The molecule has 0 amide bonds. The SMILES string of the molecule is CCCCCCCC(C)NCCCn1ccnc1. The van der Waals surface area contributed by atoms with Crippen LogP contribution in [0, 0.1) is 0 Å². The van der Waals surface area contributed by atoms with Crippen molar-refractivity contribution in [2.24, 2.45) is 0 Å². The van der Waals surface area contributed by atoms with E-state index < -0.39 is 0 Å². The minimum atomic E-state index is 0.661. The maximum absolute atomic E-state index is 4.04. The summed E-state index contributed by atoms with van der Waals surface area (Å²) in [6.07, 6.45) is 15.1. The van der Waals surface area contributed by atoms with Gasteiger partial charge in [0.2, 0.25) is 0 Å². The van der Waals surface area contributed by atoms with Gasteiger partial charge in [0.05, 0.1) is 6.33 Å². The topological polar surface area (TPSA) is 29.9 Å². The number of unbranched alkanes of at least 4 members (excludes halogenated alkanes) is 4. The van der Waals surface area contributed by atoms with E-state index in [-0.39, 0.29) is 0 Å². The van der Waals surface area contributed by atoms with E-state index in [0.717, 1.165) is 13.1 Å². The Hall–Kier alpha value is -0.830. The fourth-order valence-corrected chi connectivity index (χ4v) is 2.19. The Balaban J connectivity index is 1.88. The molecule has 104 valence electrons. The highest BCUT2D eigenvalue weighted by molar-refractivity contribution is 4.74. The molecule has 1 aromatic heterocycles. The van der Waals surface area contributed by atoms with Crippen molar-refractivity contribution >= 4 is 0 Å². The van der Waals surface area contributed by atoms with E-state index in [0.29, 0.717) is 6.04 Å². The van der Waals surface area contributed by atoms with Crippen molar-refractivity contribution in [2.45, 2.75) is 71.4 Å². The largest absolute Gasteiger partial charge is 0.337 e. The predicted octanol–water partition coefficient (Wildman–Crippen LogP) is 3.61. The molecule has 3 heteroatoms. The number of hydrogen-bond acceptors (Lipinski definition) is 2. The summed E-state index contributed by atoms with van der Waals surface area (Å²) in [6, 6.07) is 0.661. The zero-order valence-corrected chi connectivity index (χ0v) is 12.1. The summed E-state index contributed by atoms with van der Waals surface area (Å²) in [4.78, 5) is 4.04. The highest BCUT2D eigenvalue weighted by Gasteiger charge is 2.00. The van der Waals surface area contributed by atoms with Crippen molar-refractivity contribution in [1.29, 1.82) is 0 Å². The molecule has 0 saturated heterocycles. The Morgan fingerprint density at radius 1 is 1.17 bits per heavy atom. The Labute approximate surface area is 112 Å². The smallest absolute Gasteiger partial charge is 0.0945 e. The first kappa shape index (κ1) is 15.2. The second-order valence-corrected chi connectivity index (χ2v) is 5.21. The van der Waals surface area contributed by atoms with E-state index in [1.807, 2.05) is 18.7 Å². The monoisotopic (exact) mass is 251 g/mol. The lowest BCUT2D eigenvalue weighted by molar-refractivity contribution is 0.465. The maximum Gasteiger partial charge on any atom is 0.0945 e. The molecule has 0 aliphatic rings. The lowest BCUT2D eigenvalue weighted by Crippen LogP contribution is -2.27. The zero-order chi connectivity index (χ0) is 13.1. The first-order valence-electron chi connectivity index (χ1n) is 7.52. The van der Waals surface area contributed by atoms with Gasteiger partial charge in [-0.05, 0) is 26.3 Å². The Morgan fingerprint density at radius 2 is 2.00 bits per heavy atom. The molecule has 1 atom stereocenters. The van der Waals surface area contributed by atoms with Crippen molar-refractivity contribution in [2.75, 3.05) is 6.54 Å². The molecule has 0 radical (unpaired) electrons. The van der Waals surface area contributed by atoms with Crippen LogP contribution in [0.5, 0.6) is 0 Å². The fraction of sp³-hybridized carbons (Fsp3) is 0.800. The highest BCUT2D eigenvalue weighted by Crippen LogP contribution is 2.07. The van der Waals surface area contributed by atoms with Crippen LogP contribution in [0.25, 0.3) is 0 Å². The molecule has 0 saturated carbocycles. The summed E-state index contributed by atoms with van der Waals surface area (Å²) in [6.45, 7) is 6.74. The lowest BCUT2D eigenvalue weighted by Gasteiger charge is -2.13. The summed E-state index contributed by atoms with van der Waals surface area (Å²) >= 11 is 0. The average molecular weight is 251 g/mol. The minimum absolute atomic E-state index is 0.661. The Bertz CT molecular complexity index is 269. The van der Waals surface area contributed by atoms with Gasteiger partial charge >= 0.3 is 0 Å². The molecule has 0 spiro atoms. The summed E-state index contributed by atoms with van der Waals surface area (Å²) in [7, 11) is 0. The van der Waals surface area contributed by atoms with Gasteiger partial charge in [0.25, 0.3) is 0 Å². The molecule has 0 fully saturated rings. The Morgan fingerprint density at radius 3 is 2.72 bits per heavy atom. The molecule has 1 unspecified atom stereocenters. The van der Waals surface area contributed by atoms with Crippen molar-refractivity contribution in [3.8, 4) is 0 Å². The second-order valence-electron chi connectivity index (χ2n) is 5.21. The summed E-state index contributed by atoms with van der Waals surface area (Å²) in [5, 5.41) is 3.60. The number of nitrogens with one attached hydrogen (secondary N) is 1. The van der Waals surface area contributed by atoms with Crippen LogP contribution in [0.15, 0.2) is 18.7 Å². The van der Waals surface area contributed by atoms with Crippen LogP contribution in [0.3, 0.4) is 0 Å². The molecule has 3 nitrogen and oxygen atoms in total. The van der Waals surface area contributed by atoms with Crippen LogP contribution in [-0.2, 0) is 6.54 Å². The quantitative estimate of drug-likeness (QED) is 0.609. The number of hydrogen-bond donors (Lipinski definition) is 1. The third kappa shape index (κ3) is 7.49. The molecule has 1 rings (SSSR count). The molecule has 1 heterocycles. The van der Waals surface area contributed by atoms with Crippen molar-refractivity contribution in [1.82, 2.24) is 14.9 Å². The second kappa shape index (κ2) is 10.1. The normalized spacial score (nSPS) is 12.8. The lowest BCUT2D eigenvalue weighted by atomic mass is 10.1. The highest BCUT2D eigenvalue weighted by atomic mass is 15.0. The first-order valence-corrected chi connectivity index (χ1v) is 7.52. The average Bonchev–Trinajstić information content (AvgIpc) is 2.87. The standard InChI is InChI=1S/C15H29N3/c1-3-4-5-6-7-9-15(2)17-10-8-12-18-13-11-16-14-18/h11,13-15,17H,3-10,12H2,1-2H3. The number of nitrogens with zero attached hydrogens (tertiary/aromatic N) is 2. The molecule has 1 N–H and O–H groups in total. The third-order valence-electron chi connectivity index (χ3n) is 3.39. The molecule has 1 aromatic rings. The minimum Gasteiger partial charge on any atom is -0.337 e. The first-order chi connectivity index (χ1) is 8.83. The van der Waals surface area contributed by atoms with Gasteiger partial charge in [-0.3, -0.25) is 0 Å². The van der Waals surface area contributed by atoms with Crippen LogP contribution in [-0.4, -0.2) is 22.1 Å². The number of aromatic nitrogens is 2. The van der Waals surface area contributed by atoms with Crippen LogP contribution in [0.1, 0.15) is 58.8 Å². The number of imidazole rings is 1. The predicted molar refractivity (Wildman–Crippen MR) is 77.7 cm³/mol. The van der Waals surface area contributed by atoms with Crippen molar-refractivity contribution < 1.29 is 0 Å². The molecule has 0 bridgehead atoms. The van der Waals surface area contributed by atoms with Gasteiger partial charge in [0.15, 0.2) is 0 Å². The van der Waals surface area contributed by atoms with E-state index in [9.17, 15) is 0 Å². The van der Waals surface area contributed by atoms with Crippen LogP contribution in [0.2, 0.25) is 0 Å². The van der Waals surface area contributed by atoms with Gasteiger partial charge in [-0.2, -0.15) is 0 Å². The summed E-state index contributed by atoms with van der Waals surface area (Å²) < 4.78 is 2.14. The molecule has 18 heavy (non-hydrogen) atoms. The Kier molecular flexibility index (Phi) is 8.57. The molecule has 0 aliphatic heterocycles. The van der Waals surface area contributed by atoms with E-state index in [1.165, 1.54) is 44.9 Å². The summed E-state index contributed by atoms with van der Waals surface area (Å²) in [5.41, 5.74) is 0. The third-order valence-corrected chi connectivity index (χ3v) is 3.39. The van der Waals surface area contributed by atoms with E-state index >= 15 is 0 Å². The van der Waals surface area contributed by atoms with Gasteiger partial charge in [0.1, 0.15) is 0 Å². The van der Waals surface area contributed by atoms with Gasteiger partial charge in [-0.1, -0.05) is 39.0 Å². The van der Waals surface area contributed by atoms with Gasteiger partial charge in [-0.15, -0.1) is 0 Å². The number of rotatable bonds is 11. The van der Waals surface area contributed by atoms with Gasteiger partial charge in [-0.25, -0.2) is 4.98 Å². The van der Waals surface area contributed by atoms with Crippen molar-refractivity contribution in [3.63, 3.8) is 0 Å². The molecule has 0 aromatic carbocycles. The van der Waals surface area contributed by atoms with E-state index in [1.54, 1.807) is 0 Å². The fourth-order valence-electron chi connectivity index (χ4n) is 2.19. The van der Waals surface area contributed by atoms with E-state index in [4.69, 9.17) is 0 Å². The van der Waals surface area contributed by atoms with Crippen molar-refractivity contribution in [3.05, 3.63) is 18.7 Å². The zero-order valence-electron chi connectivity index (χ0n) is 12.1. The van der Waals surface area contributed by atoms with Gasteiger partial charge in [0, 0.05) is 25.0 Å². The van der Waals surface area contributed by atoms with E-state index in [2.05, 4.69) is 28.7 Å². The molecular formula is C15H29N3. The van der Waals surface area contributed by atoms with Gasteiger partial charge < -0.3 is 9.88 Å². The van der Waals surface area contributed by atoms with Crippen LogP contribution in [0.4, 0.5) is 0 Å². The maximum atomic E-state index is 4.04. The summed E-state index contributed by atoms with van der Waals surface area (Å²) in [5.74, 6) is 0. The van der Waals surface area contributed by atoms with Crippen LogP contribution >= 0.6 is 0 Å². The van der Waals surface area contributed by atoms with Crippen LogP contribution < -0.4 is 5.32 Å². The number of aryl methyl sites for hydroxylation is 1. The molecular weight excluding hydrogens is 222 g/mol. The molecule has 0 aliphatic carbocycles.